The number of carbonyl (C=O) groups excluding carboxylic acids is 2. The van der Waals surface area contributed by atoms with Gasteiger partial charge in [0.05, 0.1) is 17.7 Å². The van der Waals surface area contributed by atoms with E-state index in [4.69, 9.17) is 21.2 Å². The highest BCUT2D eigenvalue weighted by molar-refractivity contribution is 5.99. The third-order valence-electron chi connectivity index (χ3n) is 5.76. The minimum Gasteiger partial charge on any atom is -0.457 e. The molecule has 2 aromatic carbocycles. The van der Waals surface area contributed by atoms with Crippen LogP contribution in [0.25, 0.3) is 11.1 Å². The first-order valence-electron chi connectivity index (χ1n) is 11.5. The Labute approximate surface area is 225 Å². The van der Waals surface area contributed by atoms with Crippen LogP contribution in [0.15, 0.2) is 48.5 Å². The fourth-order valence-electron chi connectivity index (χ4n) is 4.14. The van der Waals surface area contributed by atoms with Gasteiger partial charge in [0.2, 0.25) is 5.91 Å². The number of rotatable bonds is 9. The number of esters is 1. The van der Waals surface area contributed by atoms with Crippen LogP contribution in [-0.4, -0.2) is 16.9 Å². The number of nitrogens with two attached hydrogens (primary N) is 2. The van der Waals surface area contributed by atoms with E-state index in [9.17, 15) is 9.59 Å². The minimum atomic E-state index is -0.472. The number of ether oxygens (including phenoxy) is 1. The number of primary amides is 1. The highest BCUT2D eigenvalue weighted by Gasteiger charge is 2.25. The normalized spacial score (nSPS) is 10.4. The number of pyridine rings is 1. The summed E-state index contributed by atoms with van der Waals surface area (Å²) < 4.78 is 5.75. The number of halogens is 2. The number of amides is 1. The first kappa shape index (κ1) is 31.1. The molecule has 36 heavy (non-hydrogen) atoms. The van der Waals surface area contributed by atoms with Crippen LogP contribution in [-0.2, 0) is 35.5 Å². The van der Waals surface area contributed by atoms with Gasteiger partial charge >= 0.3 is 5.97 Å². The van der Waals surface area contributed by atoms with E-state index in [0.717, 1.165) is 45.5 Å². The van der Waals surface area contributed by atoms with Crippen molar-refractivity contribution in [2.24, 2.45) is 17.4 Å². The quantitative estimate of drug-likeness (QED) is 0.366. The maximum atomic E-state index is 13.4. The fraction of sp³-hybridized carbons (Fsp3) is 0.321. The molecule has 4 N–H and O–H groups in total. The zero-order valence-electron chi connectivity index (χ0n) is 21.2. The number of aryl methyl sites for hydroxylation is 2. The second kappa shape index (κ2) is 14.0. The van der Waals surface area contributed by atoms with Gasteiger partial charge in [-0.05, 0) is 48.4 Å². The number of carbonyl (C=O) groups is 2. The summed E-state index contributed by atoms with van der Waals surface area (Å²) in [5, 5.41) is 0. The first-order valence-corrected chi connectivity index (χ1v) is 11.5. The van der Waals surface area contributed by atoms with Crippen molar-refractivity contribution >= 4 is 36.7 Å². The van der Waals surface area contributed by atoms with Gasteiger partial charge in [-0.2, -0.15) is 0 Å². The zero-order valence-corrected chi connectivity index (χ0v) is 22.8. The summed E-state index contributed by atoms with van der Waals surface area (Å²) in [6.45, 7) is 8.41. The van der Waals surface area contributed by atoms with Crippen LogP contribution in [0.4, 0.5) is 0 Å². The van der Waals surface area contributed by atoms with Gasteiger partial charge in [0.15, 0.2) is 0 Å². The topological polar surface area (TPSA) is 108 Å². The van der Waals surface area contributed by atoms with Crippen molar-refractivity contribution in [3.63, 3.8) is 0 Å². The lowest BCUT2D eigenvalue weighted by molar-refractivity contribution is -0.117. The molecule has 6 nitrogen and oxygen atoms in total. The van der Waals surface area contributed by atoms with Crippen molar-refractivity contribution in [3.05, 3.63) is 87.7 Å². The largest absolute Gasteiger partial charge is 0.457 e. The predicted molar refractivity (Wildman–Crippen MR) is 149 cm³/mol. The van der Waals surface area contributed by atoms with E-state index in [0.29, 0.717) is 17.2 Å². The molecule has 1 heterocycles. The molecule has 0 atom stereocenters. The second-order valence-corrected chi connectivity index (χ2v) is 9.03. The van der Waals surface area contributed by atoms with Crippen molar-refractivity contribution < 1.29 is 14.3 Å². The van der Waals surface area contributed by atoms with E-state index < -0.39 is 11.9 Å². The van der Waals surface area contributed by atoms with Crippen LogP contribution in [0, 0.1) is 19.8 Å². The first-order chi connectivity index (χ1) is 16.2. The molecule has 0 bridgehead atoms. The Morgan fingerprint density at radius 3 is 2.14 bits per heavy atom. The van der Waals surface area contributed by atoms with Gasteiger partial charge in [-0.1, -0.05) is 67.9 Å². The lowest BCUT2D eigenvalue weighted by Crippen LogP contribution is -2.18. The summed E-state index contributed by atoms with van der Waals surface area (Å²) >= 11 is 0. The minimum absolute atomic E-state index is 0. The molecule has 3 aromatic rings. The van der Waals surface area contributed by atoms with Crippen molar-refractivity contribution in [1.29, 1.82) is 0 Å². The smallest absolute Gasteiger partial charge is 0.340 e. The maximum Gasteiger partial charge on any atom is 0.340 e. The van der Waals surface area contributed by atoms with Crippen molar-refractivity contribution in [3.8, 4) is 11.1 Å². The summed E-state index contributed by atoms with van der Waals surface area (Å²) in [5.41, 5.74) is 18.7. The Hall–Kier alpha value is -2.93. The van der Waals surface area contributed by atoms with Crippen LogP contribution in [0.3, 0.4) is 0 Å². The molecule has 1 aromatic heterocycles. The van der Waals surface area contributed by atoms with Crippen LogP contribution in [0.5, 0.6) is 0 Å². The van der Waals surface area contributed by atoms with Crippen molar-refractivity contribution in [2.75, 3.05) is 0 Å². The molecule has 0 fully saturated rings. The Morgan fingerprint density at radius 1 is 0.972 bits per heavy atom. The van der Waals surface area contributed by atoms with E-state index in [1.54, 1.807) is 0 Å². The molecule has 0 radical (unpaired) electrons. The number of hydrogen-bond acceptors (Lipinski definition) is 5. The van der Waals surface area contributed by atoms with Gasteiger partial charge in [-0.25, -0.2) is 4.79 Å². The third-order valence-corrected chi connectivity index (χ3v) is 5.76. The van der Waals surface area contributed by atoms with Crippen LogP contribution in [0.2, 0.25) is 0 Å². The van der Waals surface area contributed by atoms with Crippen LogP contribution >= 0.6 is 24.8 Å². The van der Waals surface area contributed by atoms with Gasteiger partial charge in [-0.3, -0.25) is 9.78 Å². The molecular weight excluding hydrogens is 497 g/mol. The zero-order chi connectivity index (χ0) is 24.8. The third kappa shape index (κ3) is 7.53. The second-order valence-electron chi connectivity index (χ2n) is 9.03. The molecular formula is C28H35Cl2N3O3. The predicted octanol–water partition coefficient (Wildman–Crippen LogP) is 5.25. The summed E-state index contributed by atoms with van der Waals surface area (Å²) in [5.74, 6) is -0.517. The highest BCUT2D eigenvalue weighted by Crippen LogP contribution is 2.33. The molecule has 0 aliphatic rings. The van der Waals surface area contributed by atoms with Gasteiger partial charge in [0, 0.05) is 17.8 Å². The Kier molecular flexibility index (Phi) is 12.1. The number of benzene rings is 2. The molecule has 8 heteroatoms. The van der Waals surface area contributed by atoms with E-state index in [1.807, 2.05) is 62.4 Å². The molecule has 0 saturated carbocycles. The molecule has 0 aliphatic heterocycles. The van der Waals surface area contributed by atoms with Crippen LogP contribution in [0.1, 0.15) is 57.8 Å². The van der Waals surface area contributed by atoms with Gasteiger partial charge in [-0.15, -0.1) is 24.8 Å². The summed E-state index contributed by atoms with van der Waals surface area (Å²) in [4.78, 5) is 29.6. The Morgan fingerprint density at radius 2 is 1.58 bits per heavy atom. The van der Waals surface area contributed by atoms with E-state index in [2.05, 4.69) is 13.8 Å². The highest BCUT2D eigenvalue weighted by atomic mass is 35.5. The maximum absolute atomic E-state index is 13.4. The molecule has 0 saturated heterocycles. The molecule has 0 unspecified atom stereocenters. The number of aromatic nitrogens is 1. The lowest BCUT2D eigenvalue weighted by Gasteiger charge is -2.20. The standard InChI is InChI=1S/C28H33N3O3.2ClH/c1-17(2)13-24-23(15-29)27(20-11-9-18(3)10-12-20)26(19(4)31-24)28(33)34-16-22-8-6-5-7-21(22)14-25(30)32;;/h5-12,17H,13-16,29H2,1-4H3,(H2,30,32);2*1H. The summed E-state index contributed by atoms with van der Waals surface area (Å²) in [6, 6.07) is 15.3. The monoisotopic (exact) mass is 531 g/mol. The fourth-order valence-corrected chi connectivity index (χ4v) is 4.14. The summed E-state index contributed by atoms with van der Waals surface area (Å²) in [6.07, 6.45) is 0.853. The van der Waals surface area contributed by atoms with Gasteiger partial charge < -0.3 is 16.2 Å². The number of nitrogens with zero attached hydrogens (tertiary/aromatic N) is 1. The molecule has 3 rings (SSSR count). The average molecular weight is 533 g/mol. The summed E-state index contributed by atoms with van der Waals surface area (Å²) in [7, 11) is 0. The van der Waals surface area contributed by atoms with E-state index in [1.165, 1.54) is 0 Å². The van der Waals surface area contributed by atoms with Gasteiger partial charge in [0.1, 0.15) is 6.61 Å². The van der Waals surface area contributed by atoms with E-state index in [-0.39, 0.29) is 44.4 Å². The molecule has 1 amide bonds. The van der Waals surface area contributed by atoms with Gasteiger partial charge in [0.25, 0.3) is 0 Å². The van der Waals surface area contributed by atoms with Crippen LogP contribution < -0.4 is 11.5 Å². The van der Waals surface area contributed by atoms with Crippen molar-refractivity contribution in [2.45, 2.75) is 53.7 Å². The van der Waals surface area contributed by atoms with E-state index >= 15 is 0 Å². The SMILES string of the molecule is Cc1ccc(-c2c(CN)c(CC(C)C)nc(C)c2C(=O)OCc2ccccc2CC(N)=O)cc1.Cl.Cl. The van der Waals surface area contributed by atoms with Crippen molar-refractivity contribution in [1.82, 2.24) is 4.98 Å². The Bertz CT molecular complexity index is 1200. The molecule has 0 spiro atoms. The average Bonchev–Trinajstić information content (AvgIpc) is 2.77. The lowest BCUT2D eigenvalue weighted by atomic mass is 9.90. The molecule has 194 valence electrons. The number of hydrogen-bond donors (Lipinski definition) is 2. The molecule has 0 aliphatic carbocycles. The Balaban J connectivity index is 0.00000324.